The van der Waals surface area contributed by atoms with Crippen molar-refractivity contribution in [3.05, 3.63) is 60.4 Å². The van der Waals surface area contributed by atoms with Gasteiger partial charge < -0.3 is 9.30 Å². The van der Waals surface area contributed by atoms with Crippen LogP contribution in [-0.4, -0.2) is 45.9 Å². The molecule has 1 aliphatic rings. The normalized spacial score (nSPS) is 21.9. The summed E-state index contributed by atoms with van der Waals surface area (Å²) < 4.78 is 1.93. The van der Waals surface area contributed by atoms with E-state index in [0.29, 0.717) is 23.6 Å². The molecule has 0 spiro atoms. The van der Waals surface area contributed by atoms with E-state index in [-0.39, 0.29) is 5.91 Å². The molecule has 3 heterocycles. The molecular formula is C22H27N5O. The molecule has 0 aliphatic carbocycles. The van der Waals surface area contributed by atoms with Gasteiger partial charge in [-0.15, -0.1) is 0 Å². The van der Waals surface area contributed by atoms with Crippen molar-refractivity contribution in [1.29, 1.82) is 0 Å². The highest BCUT2D eigenvalue weighted by atomic mass is 16.2. The molecule has 2 aromatic heterocycles. The number of hydrogen-bond acceptors (Lipinski definition) is 4. The van der Waals surface area contributed by atoms with Crippen LogP contribution < -0.4 is 10.9 Å². The summed E-state index contributed by atoms with van der Waals surface area (Å²) in [5, 5.41) is 0. The molecule has 1 amide bonds. The molecule has 2 atom stereocenters. The maximum Gasteiger partial charge on any atom is 0.255 e. The van der Waals surface area contributed by atoms with Crippen LogP contribution in [0.1, 0.15) is 30.6 Å². The molecule has 3 aromatic rings. The van der Waals surface area contributed by atoms with Crippen molar-refractivity contribution in [2.45, 2.75) is 32.4 Å². The third-order valence-electron chi connectivity index (χ3n) is 5.74. The molecule has 1 fully saturated rings. The maximum atomic E-state index is 12.9. The number of amides is 1. The van der Waals surface area contributed by atoms with Crippen molar-refractivity contribution in [1.82, 2.24) is 25.1 Å². The van der Waals surface area contributed by atoms with E-state index < -0.39 is 0 Å². The van der Waals surface area contributed by atoms with Gasteiger partial charge >= 0.3 is 0 Å². The van der Waals surface area contributed by atoms with Crippen molar-refractivity contribution in [2.75, 3.05) is 13.6 Å². The number of carbonyl (C=O) groups is 1. The molecule has 2 N–H and O–H groups in total. The SMILES string of the molecule is CC1NNC(C)C1CCN(C)C(=O)c1ccc2nc(-c3ccccc3)cn2c1. The van der Waals surface area contributed by atoms with Gasteiger partial charge in [0.25, 0.3) is 5.91 Å². The molecule has 2 unspecified atom stereocenters. The maximum absolute atomic E-state index is 12.9. The highest BCUT2D eigenvalue weighted by Crippen LogP contribution is 2.21. The van der Waals surface area contributed by atoms with Crippen LogP contribution in [0, 0.1) is 5.92 Å². The van der Waals surface area contributed by atoms with Gasteiger partial charge in [-0.2, -0.15) is 0 Å². The Hall–Kier alpha value is -2.70. The zero-order chi connectivity index (χ0) is 19.7. The minimum Gasteiger partial charge on any atom is -0.342 e. The molecule has 1 saturated heterocycles. The predicted octanol–water partition coefficient (Wildman–Crippen LogP) is 2.96. The minimum absolute atomic E-state index is 0.0380. The predicted molar refractivity (Wildman–Crippen MR) is 111 cm³/mol. The Bertz CT molecular complexity index is 957. The lowest BCUT2D eigenvalue weighted by Crippen LogP contribution is -2.32. The summed E-state index contributed by atoms with van der Waals surface area (Å²) >= 11 is 0. The summed E-state index contributed by atoms with van der Waals surface area (Å²) in [5.74, 6) is 0.552. The highest BCUT2D eigenvalue weighted by Gasteiger charge is 2.29. The molecule has 6 nitrogen and oxygen atoms in total. The zero-order valence-electron chi connectivity index (χ0n) is 16.6. The van der Waals surface area contributed by atoms with E-state index in [1.807, 2.05) is 71.2 Å². The van der Waals surface area contributed by atoms with E-state index in [9.17, 15) is 4.79 Å². The second kappa shape index (κ2) is 7.73. The smallest absolute Gasteiger partial charge is 0.255 e. The first kappa shape index (κ1) is 18.7. The average molecular weight is 377 g/mol. The van der Waals surface area contributed by atoms with E-state index in [1.54, 1.807) is 0 Å². The van der Waals surface area contributed by atoms with E-state index >= 15 is 0 Å². The minimum atomic E-state index is 0.0380. The topological polar surface area (TPSA) is 61.7 Å². The average Bonchev–Trinajstić information content (AvgIpc) is 3.29. The lowest BCUT2D eigenvalue weighted by molar-refractivity contribution is 0.0784. The van der Waals surface area contributed by atoms with Gasteiger partial charge in [0.05, 0.1) is 11.3 Å². The second-order valence-corrected chi connectivity index (χ2v) is 7.72. The molecule has 0 radical (unpaired) electrons. The highest BCUT2D eigenvalue weighted by molar-refractivity contribution is 5.94. The number of nitrogens with zero attached hydrogens (tertiary/aromatic N) is 3. The number of hydrazine groups is 1. The van der Waals surface area contributed by atoms with E-state index in [2.05, 4.69) is 29.7 Å². The number of hydrogen-bond donors (Lipinski definition) is 2. The lowest BCUT2D eigenvalue weighted by Gasteiger charge is -2.23. The van der Waals surface area contributed by atoms with Crippen LogP contribution in [0.4, 0.5) is 0 Å². The van der Waals surface area contributed by atoms with E-state index in [4.69, 9.17) is 0 Å². The Morgan fingerprint density at radius 2 is 1.79 bits per heavy atom. The molecule has 4 rings (SSSR count). The number of aromatic nitrogens is 2. The molecule has 1 aliphatic heterocycles. The van der Waals surface area contributed by atoms with Crippen LogP contribution in [0.3, 0.4) is 0 Å². The van der Waals surface area contributed by atoms with Gasteiger partial charge in [0.2, 0.25) is 0 Å². The van der Waals surface area contributed by atoms with Crippen LogP contribution >= 0.6 is 0 Å². The number of nitrogens with one attached hydrogen (secondary N) is 2. The van der Waals surface area contributed by atoms with Gasteiger partial charge in [-0.3, -0.25) is 15.6 Å². The summed E-state index contributed by atoms with van der Waals surface area (Å²) in [5.41, 5.74) is 10.0. The molecular weight excluding hydrogens is 350 g/mol. The number of benzene rings is 1. The van der Waals surface area contributed by atoms with E-state index in [0.717, 1.165) is 29.9 Å². The first-order valence-corrected chi connectivity index (χ1v) is 9.83. The third-order valence-corrected chi connectivity index (χ3v) is 5.74. The van der Waals surface area contributed by atoms with Crippen LogP contribution in [0.25, 0.3) is 16.9 Å². The number of fused-ring (bicyclic) bond motifs is 1. The van der Waals surface area contributed by atoms with E-state index in [1.165, 1.54) is 0 Å². The van der Waals surface area contributed by atoms with Crippen LogP contribution in [-0.2, 0) is 0 Å². The molecule has 28 heavy (non-hydrogen) atoms. The fourth-order valence-electron chi connectivity index (χ4n) is 3.94. The Morgan fingerprint density at radius 1 is 1.07 bits per heavy atom. The van der Waals surface area contributed by atoms with Crippen LogP contribution in [0.15, 0.2) is 54.9 Å². The Kier molecular flexibility index (Phi) is 5.15. The van der Waals surface area contributed by atoms with Crippen LogP contribution in [0.5, 0.6) is 0 Å². The number of pyridine rings is 1. The summed E-state index contributed by atoms with van der Waals surface area (Å²) in [6.07, 6.45) is 4.81. The zero-order valence-corrected chi connectivity index (χ0v) is 16.6. The molecule has 0 saturated carbocycles. The second-order valence-electron chi connectivity index (χ2n) is 7.72. The third kappa shape index (κ3) is 3.66. The summed E-state index contributed by atoms with van der Waals surface area (Å²) in [4.78, 5) is 19.4. The molecule has 6 heteroatoms. The van der Waals surface area contributed by atoms with Gasteiger partial charge in [0.1, 0.15) is 5.65 Å². The quantitative estimate of drug-likeness (QED) is 0.718. The van der Waals surface area contributed by atoms with Gasteiger partial charge in [-0.25, -0.2) is 4.98 Å². The first-order chi connectivity index (χ1) is 13.5. The molecule has 1 aromatic carbocycles. The fraction of sp³-hybridized carbons (Fsp3) is 0.364. The lowest BCUT2D eigenvalue weighted by atomic mass is 9.93. The van der Waals surface area contributed by atoms with Crippen molar-refractivity contribution < 1.29 is 4.79 Å². The fourth-order valence-corrected chi connectivity index (χ4v) is 3.94. The Labute approximate surface area is 165 Å². The standard InChI is InChI=1S/C22H27N5O/c1-15-19(16(2)25-24-15)11-12-26(3)22(28)18-9-10-21-23-20(14-27(21)13-18)17-7-5-4-6-8-17/h4-10,13-16,19,24-25H,11-12H2,1-3H3. The first-order valence-electron chi connectivity index (χ1n) is 9.83. The van der Waals surface area contributed by atoms with Gasteiger partial charge in [-0.1, -0.05) is 30.3 Å². The van der Waals surface area contributed by atoms with Crippen molar-refractivity contribution >= 4 is 11.6 Å². The van der Waals surface area contributed by atoms with Gasteiger partial charge in [-0.05, 0) is 38.3 Å². The molecule has 146 valence electrons. The number of imidazole rings is 1. The van der Waals surface area contributed by atoms with Gasteiger partial charge in [0.15, 0.2) is 0 Å². The largest absolute Gasteiger partial charge is 0.342 e. The van der Waals surface area contributed by atoms with Crippen molar-refractivity contribution in [3.8, 4) is 11.3 Å². The monoisotopic (exact) mass is 377 g/mol. The summed E-state index contributed by atoms with van der Waals surface area (Å²) in [7, 11) is 1.88. The number of rotatable bonds is 5. The summed E-state index contributed by atoms with van der Waals surface area (Å²) in [6.45, 7) is 5.10. The summed E-state index contributed by atoms with van der Waals surface area (Å²) in [6, 6.07) is 14.7. The van der Waals surface area contributed by atoms with Crippen LogP contribution in [0.2, 0.25) is 0 Å². The van der Waals surface area contributed by atoms with Crippen molar-refractivity contribution in [3.63, 3.8) is 0 Å². The van der Waals surface area contributed by atoms with Crippen molar-refractivity contribution in [2.24, 2.45) is 5.92 Å². The Balaban J connectivity index is 1.48. The Morgan fingerprint density at radius 3 is 2.50 bits per heavy atom. The number of carbonyl (C=O) groups excluding carboxylic acids is 1. The van der Waals surface area contributed by atoms with Gasteiger partial charge in [0, 0.05) is 43.6 Å². The molecule has 0 bridgehead atoms.